The van der Waals surface area contributed by atoms with Gasteiger partial charge in [0.15, 0.2) is 0 Å². The summed E-state index contributed by atoms with van der Waals surface area (Å²) >= 11 is 0. The molecule has 40 heavy (non-hydrogen) atoms. The highest BCUT2D eigenvalue weighted by atomic mass is 32.2. The van der Waals surface area contributed by atoms with E-state index < -0.39 is 32.9 Å². The molecule has 214 valence electrons. The van der Waals surface area contributed by atoms with Crippen LogP contribution in [0.3, 0.4) is 0 Å². The van der Waals surface area contributed by atoms with Crippen molar-refractivity contribution in [2.45, 2.75) is 64.1 Å². The minimum absolute atomic E-state index is 0.0718. The van der Waals surface area contributed by atoms with Crippen LogP contribution in [0.2, 0.25) is 0 Å². The van der Waals surface area contributed by atoms with E-state index in [4.69, 9.17) is 10.5 Å². The summed E-state index contributed by atoms with van der Waals surface area (Å²) in [5.41, 5.74) is 6.05. The predicted molar refractivity (Wildman–Crippen MR) is 156 cm³/mol. The Hall–Kier alpha value is -3.18. The molecule has 10 heteroatoms. The first-order valence-electron chi connectivity index (χ1n) is 13.6. The highest BCUT2D eigenvalue weighted by Crippen LogP contribution is 2.46. The lowest BCUT2D eigenvalue weighted by atomic mass is 9.87. The number of amides is 2. The topological polar surface area (TPSA) is 131 Å². The number of hydrogen-bond acceptors (Lipinski definition) is 6. The average Bonchev–Trinajstić information content (AvgIpc) is 3.47. The molecule has 1 spiro atoms. The Balaban J connectivity index is 1.68. The number of benzene rings is 2. The number of carbonyl (C=O) groups is 2. The van der Waals surface area contributed by atoms with Gasteiger partial charge in [-0.1, -0.05) is 73.5 Å². The summed E-state index contributed by atoms with van der Waals surface area (Å²) in [6.45, 7) is 5.25. The van der Waals surface area contributed by atoms with Gasteiger partial charge in [-0.2, -0.15) is 0 Å². The maximum atomic E-state index is 13.9. The van der Waals surface area contributed by atoms with Crippen LogP contribution >= 0.6 is 0 Å². The molecule has 2 aliphatic rings. The molecule has 0 unspecified atom stereocenters. The van der Waals surface area contributed by atoms with E-state index in [1.165, 1.54) is 18.7 Å². The summed E-state index contributed by atoms with van der Waals surface area (Å²) in [7, 11) is -3.80. The average molecular weight is 567 g/mol. The van der Waals surface area contributed by atoms with Crippen LogP contribution in [0, 0.1) is 0 Å². The maximum Gasteiger partial charge on any atom is 0.271 e. The molecule has 2 aromatic carbocycles. The fourth-order valence-corrected chi connectivity index (χ4v) is 7.20. The number of rotatable bonds is 10. The van der Waals surface area contributed by atoms with Crippen LogP contribution in [0.1, 0.15) is 57.6 Å². The molecule has 0 saturated heterocycles. The molecule has 9 nitrogen and oxygen atoms in total. The molecule has 2 aromatic rings. The van der Waals surface area contributed by atoms with Crippen LogP contribution in [0.25, 0.3) is 4.91 Å². The van der Waals surface area contributed by atoms with Gasteiger partial charge in [-0.15, -0.1) is 0 Å². The monoisotopic (exact) mass is 566 g/mol. The first-order chi connectivity index (χ1) is 19.0. The first kappa shape index (κ1) is 29.8. The number of sulfonamides is 1. The number of nitrogens with one attached hydrogen (secondary N) is 1. The van der Waals surface area contributed by atoms with Gasteiger partial charge >= 0.3 is 0 Å². The summed E-state index contributed by atoms with van der Waals surface area (Å²) in [6, 6.07) is 18.4. The number of nitrogens with zero attached hydrogens (tertiary/aromatic N) is 2. The third-order valence-electron chi connectivity index (χ3n) is 7.35. The predicted octanol–water partition coefficient (Wildman–Crippen LogP) is 3.41. The second-order valence-corrected chi connectivity index (χ2v) is 12.6. The molecular weight excluding hydrogens is 528 g/mol. The van der Waals surface area contributed by atoms with Gasteiger partial charge in [0, 0.05) is 13.1 Å². The molecule has 0 radical (unpaired) electrons. The zero-order valence-electron chi connectivity index (χ0n) is 23.4. The van der Waals surface area contributed by atoms with E-state index in [2.05, 4.69) is 9.71 Å². The molecule has 0 bridgehead atoms. The first-order valence-corrected chi connectivity index (χ1v) is 15.1. The minimum atomic E-state index is -3.80. The maximum absolute atomic E-state index is 13.9. The van der Waals surface area contributed by atoms with Gasteiger partial charge < -0.3 is 15.4 Å². The van der Waals surface area contributed by atoms with E-state index >= 15 is 0 Å². The summed E-state index contributed by atoms with van der Waals surface area (Å²) in [5, 5.41) is 0. The van der Waals surface area contributed by atoms with Crippen LogP contribution in [-0.2, 0) is 31.0 Å². The fourth-order valence-electron chi connectivity index (χ4n) is 5.22. The standard InChI is InChI=1S/C30H38N4O5S/c1-4-34(27(35)25(32-28(36)29(2,3)31)21-39-20-22-13-7-5-8-14-22)19-24-26(23-15-9-6-10-16-23)40(37,38)33-30(24)17-11-12-18-30/h5-10,13-16,33H,4,11-12,17-21,31H2,1-3H3. The van der Waals surface area contributed by atoms with E-state index in [-0.39, 0.29) is 36.9 Å². The van der Waals surface area contributed by atoms with Crippen molar-refractivity contribution in [1.82, 2.24) is 9.62 Å². The number of likely N-dealkylation sites (N-methyl/N-ethyl adjacent to an activating group) is 1. The summed E-state index contributed by atoms with van der Waals surface area (Å²) in [6.07, 6.45) is 3.08. The quantitative estimate of drug-likeness (QED) is 0.424. The van der Waals surface area contributed by atoms with E-state index in [0.717, 1.165) is 18.4 Å². The lowest BCUT2D eigenvalue weighted by Crippen LogP contribution is -2.47. The third-order valence-corrected chi connectivity index (χ3v) is 9.03. The molecule has 1 aliphatic carbocycles. The highest BCUT2D eigenvalue weighted by molar-refractivity contribution is 7.99. The molecule has 1 saturated carbocycles. The van der Waals surface area contributed by atoms with Crippen molar-refractivity contribution in [3.8, 4) is 0 Å². The van der Waals surface area contributed by atoms with Crippen molar-refractivity contribution in [2.24, 2.45) is 10.7 Å². The molecule has 2 amide bonds. The fraction of sp³-hybridized carbons (Fsp3) is 0.433. The van der Waals surface area contributed by atoms with Crippen LogP contribution in [-0.4, -0.2) is 61.6 Å². The lowest BCUT2D eigenvalue weighted by molar-refractivity contribution is -0.125. The molecular formula is C30H38N4O5S. The SMILES string of the molecule is CCN(CC1=C(c2ccccc2)S(=O)(=O)NC12CCCC2)C(=O)C(COCc1ccccc1)=NC(=O)C(C)(C)N. The Bertz CT molecular complexity index is 1390. The largest absolute Gasteiger partial charge is 0.370 e. The van der Waals surface area contributed by atoms with Crippen LogP contribution in [0.4, 0.5) is 0 Å². The van der Waals surface area contributed by atoms with Gasteiger partial charge in [-0.25, -0.2) is 18.1 Å². The Labute approximate surface area is 236 Å². The van der Waals surface area contributed by atoms with Crippen LogP contribution < -0.4 is 10.5 Å². The molecule has 3 N–H and O–H groups in total. The van der Waals surface area contributed by atoms with Gasteiger partial charge in [0.05, 0.1) is 29.2 Å². The van der Waals surface area contributed by atoms with Crippen molar-refractivity contribution >= 4 is 32.5 Å². The smallest absolute Gasteiger partial charge is 0.271 e. The number of nitrogens with two attached hydrogens (primary N) is 1. The van der Waals surface area contributed by atoms with Gasteiger partial charge in [0.1, 0.15) is 5.71 Å². The van der Waals surface area contributed by atoms with Crippen molar-refractivity contribution in [2.75, 3.05) is 19.7 Å². The van der Waals surface area contributed by atoms with Crippen molar-refractivity contribution in [1.29, 1.82) is 0 Å². The number of carbonyl (C=O) groups excluding carboxylic acids is 2. The van der Waals surface area contributed by atoms with E-state index in [1.807, 2.05) is 43.3 Å². The number of aliphatic imine (C=N–C) groups is 1. The third kappa shape index (κ3) is 6.58. The molecule has 1 heterocycles. The Morgan fingerprint density at radius 3 is 2.23 bits per heavy atom. The van der Waals surface area contributed by atoms with Crippen molar-refractivity contribution in [3.63, 3.8) is 0 Å². The zero-order valence-corrected chi connectivity index (χ0v) is 24.2. The lowest BCUT2D eigenvalue weighted by Gasteiger charge is -2.31. The minimum Gasteiger partial charge on any atom is -0.370 e. The summed E-state index contributed by atoms with van der Waals surface area (Å²) in [4.78, 5) is 32.5. The van der Waals surface area contributed by atoms with Gasteiger partial charge in [0.2, 0.25) is 10.0 Å². The molecule has 1 fully saturated rings. The van der Waals surface area contributed by atoms with Crippen molar-refractivity contribution < 1.29 is 22.7 Å². The van der Waals surface area contributed by atoms with Crippen LogP contribution in [0.5, 0.6) is 0 Å². The summed E-state index contributed by atoms with van der Waals surface area (Å²) < 4.78 is 35.7. The highest BCUT2D eigenvalue weighted by Gasteiger charge is 2.50. The Morgan fingerprint density at radius 1 is 1.05 bits per heavy atom. The van der Waals surface area contributed by atoms with Crippen LogP contribution in [0.15, 0.2) is 71.2 Å². The van der Waals surface area contributed by atoms with E-state index in [0.29, 0.717) is 24.0 Å². The molecule has 1 aliphatic heterocycles. The second kappa shape index (κ2) is 12.1. The zero-order chi connectivity index (χ0) is 29.0. The van der Waals surface area contributed by atoms with E-state index in [9.17, 15) is 18.0 Å². The number of ether oxygens (including phenoxy) is 1. The normalized spacial score (nSPS) is 18.4. The second-order valence-electron chi connectivity index (χ2n) is 11.0. The van der Waals surface area contributed by atoms with Gasteiger partial charge in [-0.3, -0.25) is 9.59 Å². The Kier molecular flexibility index (Phi) is 9.04. The van der Waals surface area contributed by atoms with Gasteiger partial charge in [0.25, 0.3) is 11.8 Å². The van der Waals surface area contributed by atoms with E-state index in [1.54, 1.807) is 24.3 Å². The molecule has 4 rings (SSSR count). The van der Waals surface area contributed by atoms with Gasteiger partial charge in [-0.05, 0) is 50.3 Å². The molecule has 0 aromatic heterocycles. The molecule has 0 atom stereocenters. The van der Waals surface area contributed by atoms with Crippen molar-refractivity contribution in [3.05, 3.63) is 77.4 Å². The summed E-state index contributed by atoms with van der Waals surface area (Å²) in [5.74, 6) is -1.14. The number of hydrogen-bond donors (Lipinski definition) is 2. The Morgan fingerprint density at radius 2 is 1.65 bits per heavy atom.